The number of H-pyrrole nitrogens is 1. The summed E-state index contributed by atoms with van der Waals surface area (Å²) < 4.78 is 0. The highest BCUT2D eigenvalue weighted by molar-refractivity contribution is 5.81. The van der Waals surface area contributed by atoms with Crippen LogP contribution in [0.15, 0.2) is 24.3 Å². The van der Waals surface area contributed by atoms with Crippen molar-refractivity contribution in [3.63, 3.8) is 0 Å². The summed E-state index contributed by atoms with van der Waals surface area (Å²) >= 11 is 0. The standard InChI is InChI=1S/C10H10N/c1-7-3-4-10-9(5-7)6-8(2)11-10/h3-6,11H,2H2,1H3. The third kappa shape index (κ3) is 1.03. The Kier molecular flexibility index (Phi) is 1.25. The monoisotopic (exact) mass is 144 g/mol. The maximum absolute atomic E-state index is 3.83. The molecule has 0 aliphatic heterocycles. The van der Waals surface area contributed by atoms with Crippen molar-refractivity contribution in [3.8, 4) is 0 Å². The smallest absolute Gasteiger partial charge is 0.0456 e. The molecule has 55 valence electrons. The second-order valence-electron chi connectivity index (χ2n) is 2.89. The summed E-state index contributed by atoms with van der Waals surface area (Å²) in [6.07, 6.45) is 0. The second kappa shape index (κ2) is 2.12. The first-order valence-corrected chi connectivity index (χ1v) is 3.67. The topological polar surface area (TPSA) is 15.8 Å². The summed E-state index contributed by atoms with van der Waals surface area (Å²) in [4.78, 5) is 3.17. The van der Waals surface area contributed by atoms with Gasteiger partial charge in [-0.15, -0.1) is 0 Å². The van der Waals surface area contributed by atoms with E-state index in [1.807, 2.05) is 0 Å². The van der Waals surface area contributed by atoms with Crippen LogP contribution in [0, 0.1) is 13.8 Å². The van der Waals surface area contributed by atoms with Gasteiger partial charge in [0.25, 0.3) is 0 Å². The number of hydrogen-bond acceptors (Lipinski definition) is 0. The molecule has 0 saturated heterocycles. The lowest BCUT2D eigenvalue weighted by Gasteiger charge is -1.90. The predicted molar refractivity (Wildman–Crippen MR) is 47.5 cm³/mol. The zero-order valence-electron chi connectivity index (χ0n) is 6.52. The Morgan fingerprint density at radius 3 is 2.91 bits per heavy atom. The Morgan fingerprint density at radius 2 is 2.09 bits per heavy atom. The van der Waals surface area contributed by atoms with E-state index in [1.54, 1.807) is 0 Å². The van der Waals surface area contributed by atoms with E-state index in [-0.39, 0.29) is 0 Å². The number of aryl methyl sites for hydroxylation is 1. The summed E-state index contributed by atoms with van der Waals surface area (Å²) in [5.74, 6) is 0. The molecule has 1 nitrogen and oxygen atoms in total. The molecule has 1 heterocycles. The molecule has 0 aliphatic rings. The SMILES string of the molecule is [CH2]c1cc2cc(C)ccc2[nH]1. The van der Waals surface area contributed by atoms with Gasteiger partial charge in [-0.1, -0.05) is 11.6 Å². The van der Waals surface area contributed by atoms with Gasteiger partial charge in [0.05, 0.1) is 0 Å². The van der Waals surface area contributed by atoms with Crippen LogP contribution in [0.4, 0.5) is 0 Å². The van der Waals surface area contributed by atoms with Crippen LogP contribution in [0.3, 0.4) is 0 Å². The number of hydrogen-bond donors (Lipinski definition) is 1. The Morgan fingerprint density at radius 1 is 1.27 bits per heavy atom. The van der Waals surface area contributed by atoms with Gasteiger partial charge in [0.2, 0.25) is 0 Å². The van der Waals surface area contributed by atoms with Gasteiger partial charge in [0, 0.05) is 11.2 Å². The number of aromatic amines is 1. The summed E-state index contributed by atoms with van der Waals surface area (Å²) in [7, 11) is 0. The zero-order valence-corrected chi connectivity index (χ0v) is 6.52. The van der Waals surface area contributed by atoms with Gasteiger partial charge in [-0.2, -0.15) is 0 Å². The molecule has 0 fully saturated rings. The quantitative estimate of drug-likeness (QED) is 0.585. The number of benzene rings is 1. The molecule has 1 radical (unpaired) electrons. The van der Waals surface area contributed by atoms with Crippen LogP contribution in [-0.4, -0.2) is 4.98 Å². The lowest BCUT2D eigenvalue weighted by atomic mass is 10.2. The Balaban J connectivity index is 2.82. The molecule has 0 saturated carbocycles. The molecular weight excluding hydrogens is 134 g/mol. The molecule has 11 heavy (non-hydrogen) atoms. The first kappa shape index (κ1) is 6.47. The van der Waals surface area contributed by atoms with Crippen molar-refractivity contribution in [2.24, 2.45) is 0 Å². The van der Waals surface area contributed by atoms with Gasteiger partial charge in [-0.05, 0) is 37.4 Å². The molecule has 2 aromatic rings. The first-order valence-electron chi connectivity index (χ1n) is 3.67. The molecule has 1 aromatic heterocycles. The van der Waals surface area contributed by atoms with Gasteiger partial charge in [0.1, 0.15) is 0 Å². The van der Waals surface area contributed by atoms with Crippen LogP contribution in [0.2, 0.25) is 0 Å². The Bertz CT molecular complexity index is 385. The van der Waals surface area contributed by atoms with E-state index in [2.05, 4.69) is 43.1 Å². The minimum absolute atomic E-state index is 0.977. The van der Waals surface area contributed by atoms with Gasteiger partial charge in [-0.25, -0.2) is 0 Å². The second-order valence-corrected chi connectivity index (χ2v) is 2.89. The molecule has 0 spiro atoms. The highest BCUT2D eigenvalue weighted by atomic mass is 14.7. The molecule has 0 atom stereocenters. The molecule has 0 bridgehead atoms. The van der Waals surface area contributed by atoms with Gasteiger partial charge >= 0.3 is 0 Å². The predicted octanol–water partition coefficient (Wildman–Crippen LogP) is 2.66. The van der Waals surface area contributed by atoms with Crippen molar-refractivity contribution >= 4 is 10.9 Å². The summed E-state index contributed by atoms with van der Waals surface area (Å²) in [6.45, 7) is 5.92. The summed E-state index contributed by atoms with van der Waals surface area (Å²) in [6, 6.07) is 8.39. The van der Waals surface area contributed by atoms with Crippen LogP contribution in [0.25, 0.3) is 10.9 Å². The molecule has 0 unspecified atom stereocenters. The van der Waals surface area contributed by atoms with E-state index < -0.39 is 0 Å². The van der Waals surface area contributed by atoms with Crippen LogP contribution in [0.5, 0.6) is 0 Å². The largest absolute Gasteiger partial charge is 0.358 e. The molecule has 2 rings (SSSR count). The van der Waals surface area contributed by atoms with Crippen molar-refractivity contribution in [1.29, 1.82) is 0 Å². The average Bonchev–Trinajstić information content (AvgIpc) is 2.27. The summed E-state index contributed by atoms with van der Waals surface area (Å²) in [5, 5.41) is 1.25. The van der Waals surface area contributed by atoms with Gasteiger partial charge < -0.3 is 4.98 Å². The fourth-order valence-electron chi connectivity index (χ4n) is 1.31. The maximum Gasteiger partial charge on any atom is 0.0456 e. The third-order valence-electron chi connectivity index (χ3n) is 1.83. The van der Waals surface area contributed by atoms with E-state index >= 15 is 0 Å². The van der Waals surface area contributed by atoms with E-state index in [0.29, 0.717) is 0 Å². The van der Waals surface area contributed by atoms with E-state index in [1.165, 1.54) is 16.5 Å². The van der Waals surface area contributed by atoms with Crippen LogP contribution in [0.1, 0.15) is 11.3 Å². The molecule has 0 aliphatic carbocycles. The number of fused-ring (bicyclic) bond motifs is 1. The molecule has 1 aromatic carbocycles. The molecule has 0 amide bonds. The minimum Gasteiger partial charge on any atom is -0.358 e. The zero-order chi connectivity index (χ0) is 7.84. The highest BCUT2D eigenvalue weighted by Crippen LogP contribution is 2.15. The number of aromatic nitrogens is 1. The van der Waals surface area contributed by atoms with Crippen molar-refractivity contribution in [3.05, 3.63) is 42.4 Å². The van der Waals surface area contributed by atoms with Crippen LogP contribution >= 0.6 is 0 Å². The normalized spacial score (nSPS) is 10.7. The average molecular weight is 144 g/mol. The van der Waals surface area contributed by atoms with Gasteiger partial charge in [-0.3, -0.25) is 0 Å². The van der Waals surface area contributed by atoms with E-state index in [0.717, 1.165) is 5.69 Å². The first-order chi connectivity index (χ1) is 5.25. The van der Waals surface area contributed by atoms with Crippen LogP contribution < -0.4 is 0 Å². The van der Waals surface area contributed by atoms with Crippen molar-refractivity contribution in [2.45, 2.75) is 6.92 Å². The molecule has 1 N–H and O–H groups in total. The van der Waals surface area contributed by atoms with Gasteiger partial charge in [0.15, 0.2) is 0 Å². The third-order valence-corrected chi connectivity index (χ3v) is 1.83. The fourth-order valence-corrected chi connectivity index (χ4v) is 1.31. The minimum atomic E-state index is 0.977. The number of nitrogens with one attached hydrogen (secondary N) is 1. The molecular formula is C10H10N. The lowest BCUT2D eigenvalue weighted by Crippen LogP contribution is -1.70. The Hall–Kier alpha value is -1.24. The van der Waals surface area contributed by atoms with E-state index in [4.69, 9.17) is 0 Å². The van der Waals surface area contributed by atoms with E-state index in [9.17, 15) is 0 Å². The highest BCUT2D eigenvalue weighted by Gasteiger charge is 1.95. The van der Waals surface area contributed by atoms with Crippen LogP contribution in [-0.2, 0) is 0 Å². The number of rotatable bonds is 0. The Labute approximate surface area is 66.1 Å². The lowest BCUT2D eigenvalue weighted by molar-refractivity contribution is 1.39. The summed E-state index contributed by atoms with van der Waals surface area (Å²) in [5.41, 5.74) is 3.43. The van der Waals surface area contributed by atoms with Crippen molar-refractivity contribution in [1.82, 2.24) is 4.98 Å². The molecule has 1 heteroatoms. The van der Waals surface area contributed by atoms with Crippen molar-refractivity contribution in [2.75, 3.05) is 0 Å². The van der Waals surface area contributed by atoms with Crippen molar-refractivity contribution < 1.29 is 0 Å². The maximum atomic E-state index is 3.83. The fraction of sp³-hybridized carbons (Fsp3) is 0.100.